The fraction of sp³-hybridized carbons (Fsp3) is 1.00. The molecule has 0 unspecified atom stereocenters. The fourth-order valence-electron chi connectivity index (χ4n) is 1.12. The first-order valence-electron chi connectivity index (χ1n) is 5.25. The van der Waals surface area contributed by atoms with Crippen LogP contribution in [0.3, 0.4) is 0 Å². The maximum Gasteiger partial charge on any atom is 0.211 e. The van der Waals surface area contributed by atoms with Gasteiger partial charge in [-0.3, -0.25) is 0 Å². The Morgan fingerprint density at radius 2 is 2.13 bits per heavy atom. The molecule has 1 N–H and O–H groups in total. The van der Waals surface area contributed by atoms with E-state index in [1.54, 1.807) is 0 Å². The first kappa shape index (κ1) is 13.2. The van der Waals surface area contributed by atoms with Gasteiger partial charge in [0.25, 0.3) is 0 Å². The zero-order valence-electron chi connectivity index (χ0n) is 8.75. The molecule has 1 saturated carbocycles. The Bertz CT molecular complexity index is 265. The van der Waals surface area contributed by atoms with E-state index in [-0.39, 0.29) is 5.75 Å². The van der Waals surface area contributed by atoms with Gasteiger partial charge >= 0.3 is 0 Å². The summed E-state index contributed by atoms with van der Waals surface area (Å²) in [5.74, 6) is 1.19. The summed E-state index contributed by atoms with van der Waals surface area (Å²) in [5.41, 5.74) is 0. The molecule has 0 aromatic heterocycles. The van der Waals surface area contributed by atoms with Gasteiger partial charge in [-0.05, 0) is 25.2 Å². The number of hydrogen-bond donors (Lipinski definition) is 1. The molecule has 0 atom stereocenters. The quantitative estimate of drug-likeness (QED) is 0.493. The van der Waals surface area contributed by atoms with Crippen LogP contribution in [0.15, 0.2) is 0 Å². The number of rotatable bonds is 9. The highest BCUT2D eigenvalue weighted by Crippen LogP contribution is 2.28. The molecule has 0 heterocycles. The van der Waals surface area contributed by atoms with Gasteiger partial charge in [0.05, 0.1) is 12.4 Å². The Hall–Kier alpha value is 0.160. The normalized spacial score (nSPS) is 16.9. The minimum atomic E-state index is -3.14. The van der Waals surface area contributed by atoms with Gasteiger partial charge in [-0.1, -0.05) is 0 Å². The molecule has 0 aliphatic heterocycles. The summed E-state index contributed by atoms with van der Waals surface area (Å²) < 4.78 is 30.3. The molecule has 1 aliphatic carbocycles. The Labute approximate surface area is 96.4 Å². The SMILES string of the molecule is O=S(=O)(CCCCl)NCCOCC1CC1. The standard InChI is InChI=1S/C9H18ClNO3S/c10-4-1-7-15(12,13)11-5-6-14-8-9-2-3-9/h9,11H,1-8H2. The molecule has 0 radical (unpaired) electrons. The average molecular weight is 256 g/mol. The number of nitrogens with one attached hydrogen (secondary N) is 1. The lowest BCUT2D eigenvalue weighted by Gasteiger charge is -2.06. The molecule has 1 rings (SSSR count). The Kier molecular flexibility index (Phi) is 5.89. The maximum absolute atomic E-state index is 11.3. The van der Waals surface area contributed by atoms with Crippen molar-refractivity contribution in [2.45, 2.75) is 19.3 Å². The highest BCUT2D eigenvalue weighted by Gasteiger charge is 2.20. The van der Waals surface area contributed by atoms with E-state index in [1.807, 2.05) is 0 Å². The van der Waals surface area contributed by atoms with Gasteiger partial charge in [0, 0.05) is 19.0 Å². The number of halogens is 1. The second-order valence-corrected chi connectivity index (χ2v) is 6.08. The first-order chi connectivity index (χ1) is 7.14. The number of sulfonamides is 1. The summed E-state index contributed by atoms with van der Waals surface area (Å²) in [6.07, 6.45) is 2.99. The van der Waals surface area contributed by atoms with Crippen LogP contribution in [0.1, 0.15) is 19.3 Å². The topological polar surface area (TPSA) is 55.4 Å². The summed E-state index contributed by atoms with van der Waals surface area (Å²) in [6, 6.07) is 0. The summed E-state index contributed by atoms with van der Waals surface area (Å²) in [7, 11) is -3.14. The van der Waals surface area contributed by atoms with Crippen molar-refractivity contribution < 1.29 is 13.2 Å². The highest BCUT2D eigenvalue weighted by atomic mass is 35.5. The van der Waals surface area contributed by atoms with Crippen molar-refractivity contribution in [1.29, 1.82) is 0 Å². The van der Waals surface area contributed by atoms with Crippen molar-refractivity contribution in [2.75, 3.05) is 31.4 Å². The summed E-state index contributed by atoms with van der Waals surface area (Å²) in [4.78, 5) is 0. The largest absolute Gasteiger partial charge is 0.380 e. The van der Waals surface area contributed by atoms with Gasteiger partial charge in [0.2, 0.25) is 10.0 Å². The van der Waals surface area contributed by atoms with Crippen LogP contribution in [-0.2, 0) is 14.8 Å². The third-order valence-electron chi connectivity index (χ3n) is 2.17. The van der Waals surface area contributed by atoms with E-state index < -0.39 is 10.0 Å². The van der Waals surface area contributed by atoms with Crippen molar-refractivity contribution in [3.05, 3.63) is 0 Å². The van der Waals surface area contributed by atoms with Crippen LogP contribution in [0.4, 0.5) is 0 Å². The van der Waals surface area contributed by atoms with Gasteiger partial charge in [-0.2, -0.15) is 0 Å². The highest BCUT2D eigenvalue weighted by molar-refractivity contribution is 7.89. The zero-order chi connectivity index (χ0) is 11.1. The van der Waals surface area contributed by atoms with Crippen LogP contribution >= 0.6 is 11.6 Å². The second-order valence-electron chi connectivity index (χ2n) is 3.77. The molecule has 1 fully saturated rings. The van der Waals surface area contributed by atoms with E-state index in [1.165, 1.54) is 12.8 Å². The summed E-state index contributed by atoms with van der Waals surface area (Å²) in [6.45, 7) is 1.58. The lowest BCUT2D eigenvalue weighted by Crippen LogP contribution is -2.30. The predicted octanol–water partition coefficient (Wildman–Crippen LogP) is 0.961. The van der Waals surface area contributed by atoms with Crippen molar-refractivity contribution >= 4 is 21.6 Å². The van der Waals surface area contributed by atoms with E-state index in [2.05, 4.69) is 4.72 Å². The van der Waals surface area contributed by atoms with E-state index in [4.69, 9.17) is 16.3 Å². The van der Waals surface area contributed by atoms with Gasteiger partial charge in [0.1, 0.15) is 0 Å². The minimum Gasteiger partial charge on any atom is -0.380 e. The number of hydrogen-bond acceptors (Lipinski definition) is 3. The smallest absolute Gasteiger partial charge is 0.211 e. The summed E-state index contributed by atoms with van der Waals surface area (Å²) >= 11 is 5.42. The average Bonchev–Trinajstić information content (AvgIpc) is 2.98. The molecule has 6 heteroatoms. The van der Waals surface area contributed by atoms with E-state index >= 15 is 0 Å². The molecule has 0 aromatic rings. The molecule has 0 bridgehead atoms. The number of alkyl halides is 1. The summed E-state index contributed by atoms with van der Waals surface area (Å²) in [5, 5.41) is 0. The van der Waals surface area contributed by atoms with Gasteiger partial charge in [-0.15, -0.1) is 11.6 Å². The Balaban J connectivity index is 1.96. The fourth-order valence-corrected chi connectivity index (χ4v) is 2.48. The lowest BCUT2D eigenvalue weighted by atomic mass is 10.5. The predicted molar refractivity (Wildman–Crippen MR) is 60.7 cm³/mol. The van der Waals surface area contributed by atoms with Crippen LogP contribution in [0.25, 0.3) is 0 Å². The van der Waals surface area contributed by atoms with Gasteiger partial charge < -0.3 is 4.74 Å². The van der Waals surface area contributed by atoms with Crippen LogP contribution < -0.4 is 4.72 Å². The van der Waals surface area contributed by atoms with Crippen molar-refractivity contribution in [1.82, 2.24) is 4.72 Å². The Morgan fingerprint density at radius 3 is 2.73 bits per heavy atom. The van der Waals surface area contributed by atoms with Crippen molar-refractivity contribution in [2.24, 2.45) is 5.92 Å². The lowest BCUT2D eigenvalue weighted by molar-refractivity contribution is 0.129. The monoisotopic (exact) mass is 255 g/mol. The van der Waals surface area contributed by atoms with Gasteiger partial charge in [0.15, 0.2) is 0 Å². The van der Waals surface area contributed by atoms with E-state index in [0.717, 1.165) is 12.5 Å². The van der Waals surface area contributed by atoms with Crippen LogP contribution in [0.2, 0.25) is 0 Å². The number of ether oxygens (including phenoxy) is 1. The molecule has 90 valence electrons. The van der Waals surface area contributed by atoms with E-state index in [9.17, 15) is 8.42 Å². The molecule has 0 amide bonds. The van der Waals surface area contributed by atoms with E-state index in [0.29, 0.717) is 25.5 Å². The molecular formula is C9H18ClNO3S. The molecule has 0 aromatic carbocycles. The van der Waals surface area contributed by atoms with Crippen molar-refractivity contribution in [3.63, 3.8) is 0 Å². The molecule has 1 aliphatic rings. The molecule has 0 saturated heterocycles. The third kappa shape index (κ3) is 7.11. The minimum absolute atomic E-state index is 0.0964. The first-order valence-corrected chi connectivity index (χ1v) is 7.44. The molecular weight excluding hydrogens is 238 g/mol. The van der Waals surface area contributed by atoms with Crippen LogP contribution in [0.5, 0.6) is 0 Å². The maximum atomic E-state index is 11.3. The third-order valence-corrected chi connectivity index (χ3v) is 3.90. The Morgan fingerprint density at radius 1 is 1.40 bits per heavy atom. The molecule has 4 nitrogen and oxygen atoms in total. The van der Waals surface area contributed by atoms with Gasteiger partial charge in [-0.25, -0.2) is 13.1 Å². The zero-order valence-corrected chi connectivity index (χ0v) is 10.3. The van der Waals surface area contributed by atoms with Crippen LogP contribution in [0, 0.1) is 5.92 Å². The molecule has 0 spiro atoms. The van der Waals surface area contributed by atoms with Crippen LogP contribution in [-0.4, -0.2) is 39.8 Å². The molecule has 15 heavy (non-hydrogen) atoms. The van der Waals surface area contributed by atoms with Crippen molar-refractivity contribution in [3.8, 4) is 0 Å². The second kappa shape index (κ2) is 6.68.